The van der Waals surface area contributed by atoms with Crippen molar-refractivity contribution in [3.63, 3.8) is 0 Å². The van der Waals surface area contributed by atoms with Crippen LogP contribution in [0.5, 0.6) is 0 Å². The zero-order valence-electron chi connectivity index (χ0n) is 60.6. The molecular formula is C74H144O17P2. The molecule has 0 saturated carbocycles. The fourth-order valence-corrected chi connectivity index (χ4v) is 12.8. The Morgan fingerprint density at radius 3 is 0.817 bits per heavy atom. The summed E-state index contributed by atoms with van der Waals surface area (Å²) in [7, 11) is -9.91. The number of carbonyl (C=O) groups is 4. The molecule has 0 saturated heterocycles. The lowest BCUT2D eigenvalue weighted by molar-refractivity contribution is -0.161. The van der Waals surface area contributed by atoms with Gasteiger partial charge in [0.25, 0.3) is 0 Å². The van der Waals surface area contributed by atoms with Crippen LogP contribution in [0.1, 0.15) is 382 Å². The third kappa shape index (κ3) is 67.0. The molecule has 93 heavy (non-hydrogen) atoms. The molecule has 0 bridgehead atoms. The molecule has 0 rings (SSSR count). The first-order valence-electron chi connectivity index (χ1n) is 38.5. The van der Waals surface area contributed by atoms with Gasteiger partial charge in [-0.05, 0) is 37.5 Å². The average Bonchev–Trinajstić information content (AvgIpc) is 2.26. The molecule has 0 amide bonds. The van der Waals surface area contributed by atoms with E-state index in [4.69, 9.17) is 37.0 Å². The largest absolute Gasteiger partial charge is 0.472 e. The van der Waals surface area contributed by atoms with Crippen molar-refractivity contribution < 1.29 is 80.2 Å². The summed E-state index contributed by atoms with van der Waals surface area (Å²) in [6.45, 7) is 9.59. The topological polar surface area (TPSA) is 237 Å². The predicted octanol–water partition coefficient (Wildman–Crippen LogP) is 21.6. The second-order valence-corrected chi connectivity index (χ2v) is 30.3. The number of aliphatic hydroxyl groups excluding tert-OH is 1. The second kappa shape index (κ2) is 66.0. The summed E-state index contributed by atoms with van der Waals surface area (Å²) in [5.74, 6) is -0.567. The van der Waals surface area contributed by atoms with Crippen LogP contribution in [0.25, 0.3) is 0 Å². The van der Waals surface area contributed by atoms with Crippen molar-refractivity contribution >= 4 is 39.5 Å². The number of phosphoric ester groups is 2. The van der Waals surface area contributed by atoms with Gasteiger partial charge in [-0.25, -0.2) is 9.13 Å². The van der Waals surface area contributed by atoms with E-state index < -0.39 is 97.5 Å². The summed E-state index contributed by atoms with van der Waals surface area (Å²) in [4.78, 5) is 72.7. The molecule has 0 aliphatic rings. The molecule has 0 aromatic rings. The third-order valence-corrected chi connectivity index (χ3v) is 19.5. The van der Waals surface area contributed by atoms with Gasteiger partial charge in [0.05, 0.1) is 26.4 Å². The highest BCUT2D eigenvalue weighted by molar-refractivity contribution is 7.47. The monoisotopic (exact) mass is 1370 g/mol. The fourth-order valence-electron chi connectivity index (χ4n) is 11.3. The van der Waals surface area contributed by atoms with Gasteiger partial charge >= 0.3 is 39.5 Å². The molecule has 0 aromatic heterocycles. The smallest absolute Gasteiger partial charge is 0.462 e. The molecule has 0 aromatic carbocycles. The maximum Gasteiger partial charge on any atom is 0.472 e. The minimum atomic E-state index is -4.96. The van der Waals surface area contributed by atoms with Gasteiger partial charge in [0.15, 0.2) is 12.2 Å². The number of phosphoric acid groups is 2. The quantitative estimate of drug-likeness (QED) is 0.0222. The summed E-state index contributed by atoms with van der Waals surface area (Å²) < 4.78 is 68.5. The Balaban J connectivity index is 5.25. The van der Waals surface area contributed by atoms with E-state index in [1.165, 1.54) is 199 Å². The average molecular weight is 1370 g/mol. The van der Waals surface area contributed by atoms with Crippen LogP contribution in [0, 0.1) is 11.8 Å². The predicted molar refractivity (Wildman–Crippen MR) is 377 cm³/mol. The van der Waals surface area contributed by atoms with Crippen LogP contribution in [0.3, 0.4) is 0 Å². The van der Waals surface area contributed by atoms with E-state index in [2.05, 4.69) is 41.5 Å². The van der Waals surface area contributed by atoms with Crippen molar-refractivity contribution in [2.75, 3.05) is 39.6 Å². The first-order chi connectivity index (χ1) is 44.9. The highest BCUT2D eigenvalue weighted by Crippen LogP contribution is 2.45. The van der Waals surface area contributed by atoms with Crippen LogP contribution < -0.4 is 0 Å². The number of unbranched alkanes of at least 4 members (excludes halogenated alkanes) is 42. The lowest BCUT2D eigenvalue weighted by Gasteiger charge is -2.21. The number of carbonyl (C=O) groups excluding carboxylic acids is 4. The first-order valence-corrected chi connectivity index (χ1v) is 41.5. The number of esters is 4. The Labute approximate surface area is 568 Å². The molecule has 17 nitrogen and oxygen atoms in total. The molecule has 0 fully saturated rings. The Kier molecular flexibility index (Phi) is 64.6. The van der Waals surface area contributed by atoms with Gasteiger partial charge < -0.3 is 33.8 Å². The Bertz CT molecular complexity index is 1810. The zero-order valence-corrected chi connectivity index (χ0v) is 62.3. The van der Waals surface area contributed by atoms with Gasteiger partial charge in [0.2, 0.25) is 0 Å². The van der Waals surface area contributed by atoms with Crippen molar-refractivity contribution in [3.05, 3.63) is 0 Å². The van der Waals surface area contributed by atoms with Gasteiger partial charge in [0, 0.05) is 25.7 Å². The Morgan fingerprint density at radius 1 is 0.312 bits per heavy atom. The Hall–Kier alpha value is -1.94. The van der Waals surface area contributed by atoms with Gasteiger partial charge in [-0.1, -0.05) is 330 Å². The van der Waals surface area contributed by atoms with Crippen LogP contribution >= 0.6 is 15.6 Å². The number of ether oxygens (including phenoxy) is 4. The van der Waals surface area contributed by atoms with E-state index in [0.717, 1.165) is 102 Å². The normalized spacial score (nSPS) is 14.3. The van der Waals surface area contributed by atoms with Crippen LogP contribution in [-0.2, 0) is 65.4 Å². The molecule has 3 unspecified atom stereocenters. The summed E-state index contributed by atoms with van der Waals surface area (Å²) >= 11 is 0. The van der Waals surface area contributed by atoms with Crippen LogP contribution in [-0.4, -0.2) is 96.7 Å². The standard InChI is InChI=1S/C74H144O17P2/c1-7-10-12-14-16-18-20-21-22-23-24-29-33-40-46-52-58-73(78)90-69(62-85-72(77)57-51-45-39-32-28-26-25-27-30-36-42-48-54-66(4)5)64-88-92(80,81)86-60-68(75)61-87-93(82,83)89-65-70(63-84-71(76)56-50-44-38-31-19-17-15-13-11-8-2)91-74(79)59-53-47-41-35-34-37-43-49-55-67(6)9-3/h66-70,75H,7-65H2,1-6H3,(H,80,81)(H,82,83)/t67?,68-,69-,70-/m1/s1. The SMILES string of the molecule is CCCCCCCCCCCCCCCCCCC(=O)O[C@H](COC(=O)CCCCCCCCCCCCCCC(C)C)COP(=O)(O)OC[C@@H](O)COP(=O)(O)OC[C@@H](COC(=O)CCCCCCCCCCCC)OC(=O)CCCCCCCCCCC(C)CC. The van der Waals surface area contributed by atoms with Crippen molar-refractivity contribution in [2.45, 2.75) is 400 Å². The first kappa shape index (κ1) is 91.1. The minimum Gasteiger partial charge on any atom is -0.462 e. The van der Waals surface area contributed by atoms with E-state index in [9.17, 15) is 43.2 Å². The number of aliphatic hydroxyl groups is 1. The summed E-state index contributed by atoms with van der Waals surface area (Å²) in [6.07, 6.45) is 52.6. The van der Waals surface area contributed by atoms with Crippen LogP contribution in [0.2, 0.25) is 0 Å². The van der Waals surface area contributed by atoms with E-state index in [1.54, 1.807) is 0 Å². The number of hydrogen-bond donors (Lipinski definition) is 3. The van der Waals surface area contributed by atoms with Crippen molar-refractivity contribution in [1.29, 1.82) is 0 Å². The van der Waals surface area contributed by atoms with Crippen molar-refractivity contribution in [1.82, 2.24) is 0 Å². The molecule has 552 valence electrons. The zero-order chi connectivity index (χ0) is 68.6. The van der Waals surface area contributed by atoms with Gasteiger partial charge in [-0.2, -0.15) is 0 Å². The summed E-state index contributed by atoms with van der Waals surface area (Å²) in [6, 6.07) is 0. The highest BCUT2D eigenvalue weighted by Gasteiger charge is 2.30. The van der Waals surface area contributed by atoms with E-state index in [1.807, 2.05) is 0 Å². The molecular weight excluding hydrogens is 1220 g/mol. The summed E-state index contributed by atoms with van der Waals surface area (Å²) in [5, 5.41) is 10.6. The fraction of sp³-hybridized carbons (Fsp3) is 0.946. The third-order valence-electron chi connectivity index (χ3n) is 17.6. The molecule has 0 heterocycles. The summed E-state index contributed by atoms with van der Waals surface area (Å²) in [5.41, 5.74) is 0. The van der Waals surface area contributed by atoms with Gasteiger partial charge in [0.1, 0.15) is 19.3 Å². The van der Waals surface area contributed by atoms with E-state index in [-0.39, 0.29) is 25.7 Å². The molecule has 19 heteroatoms. The highest BCUT2D eigenvalue weighted by atomic mass is 31.2. The maximum absolute atomic E-state index is 13.1. The number of hydrogen-bond acceptors (Lipinski definition) is 15. The van der Waals surface area contributed by atoms with Crippen LogP contribution in [0.4, 0.5) is 0 Å². The molecule has 0 aliphatic heterocycles. The molecule has 0 aliphatic carbocycles. The maximum atomic E-state index is 13.1. The lowest BCUT2D eigenvalue weighted by atomic mass is 9.99. The van der Waals surface area contributed by atoms with E-state index in [0.29, 0.717) is 25.7 Å². The van der Waals surface area contributed by atoms with Gasteiger partial charge in [-0.15, -0.1) is 0 Å². The van der Waals surface area contributed by atoms with Crippen molar-refractivity contribution in [2.24, 2.45) is 11.8 Å². The van der Waals surface area contributed by atoms with E-state index >= 15 is 0 Å². The number of rotatable bonds is 73. The van der Waals surface area contributed by atoms with Crippen LogP contribution in [0.15, 0.2) is 0 Å². The molecule has 0 spiro atoms. The lowest BCUT2D eigenvalue weighted by Crippen LogP contribution is -2.30. The van der Waals surface area contributed by atoms with Gasteiger partial charge in [-0.3, -0.25) is 37.3 Å². The van der Waals surface area contributed by atoms with Crippen molar-refractivity contribution in [3.8, 4) is 0 Å². The molecule has 0 radical (unpaired) electrons. The second-order valence-electron chi connectivity index (χ2n) is 27.4. The molecule has 3 N–H and O–H groups in total. The molecule has 6 atom stereocenters. The minimum absolute atomic E-state index is 0.105. The Morgan fingerprint density at radius 2 is 0.548 bits per heavy atom.